The molecule has 0 aromatic carbocycles. The number of nitrogens with one attached hydrogen (secondary N) is 2. The lowest BCUT2D eigenvalue weighted by Gasteiger charge is -2.28. The summed E-state index contributed by atoms with van der Waals surface area (Å²) in [6.07, 6.45) is 5.67. The Morgan fingerprint density at radius 2 is 2.00 bits per heavy atom. The van der Waals surface area contributed by atoms with Crippen molar-refractivity contribution in [1.29, 1.82) is 0 Å². The van der Waals surface area contributed by atoms with E-state index in [0.717, 1.165) is 38.6 Å². The normalized spacial score (nSPS) is 25.4. The molecule has 0 aromatic heterocycles. The lowest BCUT2D eigenvalue weighted by molar-refractivity contribution is -0.128. The quantitative estimate of drug-likeness (QED) is 0.714. The fraction of sp³-hybridized carbons (Fsp3) is 0.917. The van der Waals surface area contributed by atoms with Gasteiger partial charge < -0.3 is 15.4 Å². The third kappa shape index (κ3) is 4.94. The Kier molecular flexibility index (Phi) is 6.42. The van der Waals surface area contributed by atoms with Gasteiger partial charge in [-0.05, 0) is 39.2 Å². The van der Waals surface area contributed by atoms with Crippen molar-refractivity contribution in [2.45, 2.75) is 51.2 Å². The van der Waals surface area contributed by atoms with E-state index in [9.17, 15) is 4.79 Å². The number of hydrogen-bond acceptors (Lipinski definition) is 3. The van der Waals surface area contributed by atoms with Crippen LogP contribution < -0.4 is 10.6 Å². The van der Waals surface area contributed by atoms with Crippen molar-refractivity contribution in [3.8, 4) is 0 Å². The Morgan fingerprint density at radius 3 is 2.56 bits per heavy atom. The molecule has 94 valence electrons. The largest absolute Gasteiger partial charge is 0.368 e. The predicted molar refractivity (Wildman–Crippen MR) is 64.4 cm³/mol. The van der Waals surface area contributed by atoms with Crippen molar-refractivity contribution >= 4 is 5.91 Å². The number of carbonyl (C=O) groups is 1. The molecule has 1 aliphatic rings. The van der Waals surface area contributed by atoms with Gasteiger partial charge in [0.1, 0.15) is 6.61 Å². The van der Waals surface area contributed by atoms with Crippen molar-refractivity contribution in [2.24, 2.45) is 0 Å². The molecule has 1 saturated carbocycles. The average molecular weight is 228 g/mol. The minimum atomic E-state index is 0.0117. The first-order valence-corrected chi connectivity index (χ1v) is 6.31. The summed E-state index contributed by atoms with van der Waals surface area (Å²) in [6, 6.07) is 0.633. The highest BCUT2D eigenvalue weighted by molar-refractivity contribution is 5.77. The SMILES string of the molecule is CCCNC(=O)COC1CCC(NC)CC1. The molecule has 1 aliphatic carbocycles. The maximum atomic E-state index is 11.3. The van der Waals surface area contributed by atoms with Crippen LogP contribution in [0, 0.1) is 0 Å². The molecule has 16 heavy (non-hydrogen) atoms. The Balaban J connectivity index is 2.07. The maximum absolute atomic E-state index is 11.3. The highest BCUT2D eigenvalue weighted by atomic mass is 16.5. The van der Waals surface area contributed by atoms with Crippen LogP contribution in [0.1, 0.15) is 39.0 Å². The van der Waals surface area contributed by atoms with Gasteiger partial charge in [-0.2, -0.15) is 0 Å². The van der Waals surface area contributed by atoms with Gasteiger partial charge in [-0.25, -0.2) is 0 Å². The summed E-state index contributed by atoms with van der Waals surface area (Å²) in [5, 5.41) is 6.10. The van der Waals surface area contributed by atoms with Crippen LogP contribution in [-0.2, 0) is 9.53 Å². The van der Waals surface area contributed by atoms with Crippen molar-refractivity contribution in [3.05, 3.63) is 0 Å². The smallest absolute Gasteiger partial charge is 0.246 e. The van der Waals surface area contributed by atoms with Crippen molar-refractivity contribution < 1.29 is 9.53 Å². The van der Waals surface area contributed by atoms with Crippen molar-refractivity contribution in [1.82, 2.24) is 10.6 Å². The zero-order valence-corrected chi connectivity index (χ0v) is 10.4. The van der Waals surface area contributed by atoms with Crippen molar-refractivity contribution in [2.75, 3.05) is 20.2 Å². The number of rotatable bonds is 6. The molecular formula is C12H24N2O2. The molecule has 1 fully saturated rings. The zero-order valence-electron chi connectivity index (χ0n) is 10.4. The van der Waals surface area contributed by atoms with E-state index in [-0.39, 0.29) is 18.6 Å². The summed E-state index contributed by atoms with van der Waals surface area (Å²) in [7, 11) is 2.00. The van der Waals surface area contributed by atoms with Crippen LogP contribution in [-0.4, -0.2) is 38.3 Å². The number of amides is 1. The number of ether oxygens (including phenoxy) is 1. The highest BCUT2D eigenvalue weighted by Crippen LogP contribution is 2.20. The first kappa shape index (κ1) is 13.5. The van der Waals surface area contributed by atoms with Gasteiger partial charge in [0.25, 0.3) is 0 Å². The van der Waals surface area contributed by atoms with E-state index in [1.807, 2.05) is 14.0 Å². The molecule has 1 rings (SSSR count). The first-order chi connectivity index (χ1) is 7.76. The molecule has 4 heteroatoms. The third-order valence-electron chi connectivity index (χ3n) is 3.10. The van der Waals surface area contributed by atoms with Gasteiger partial charge in [0, 0.05) is 12.6 Å². The second-order valence-electron chi connectivity index (χ2n) is 4.42. The minimum absolute atomic E-state index is 0.0117. The fourth-order valence-electron chi connectivity index (χ4n) is 2.03. The summed E-state index contributed by atoms with van der Waals surface area (Å²) in [5.74, 6) is 0.0117. The Labute approximate surface area is 98.1 Å². The highest BCUT2D eigenvalue weighted by Gasteiger charge is 2.20. The van der Waals surface area contributed by atoms with Gasteiger partial charge in [-0.15, -0.1) is 0 Å². The van der Waals surface area contributed by atoms with Crippen molar-refractivity contribution in [3.63, 3.8) is 0 Å². The third-order valence-corrected chi connectivity index (χ3v) is 3.10. The predicted octanol–water partition coefficient (Wildman–Crippen LogP) is 1.06. The summed E-state index contributed by atoms with van der Waals surface area (Å²) in [4.78, 5) is 11.3. The van der Waals surface area contributed by atoms with Crippen LogP contribution >= 0.6 is 0 Å². The van der Waals surface area contributed by atoms with Crippen LogP contribution in [0.5, 0.6) is 0 Å². The minimum Gasteiger partial charge on any atom is -0.368 e. The van der Waals surface area contributed by atoms with Crippen LogP contribution in [0.3, 0.4) is 0 Å². The van der Waals surface area contributed by atoms with Gasteiger partial charge in [0.15, 0.2) is 0 Å². The van der Waals surface area contributed by atoms with Crippen LogP contribution in [0.25, 0.3) is 0 Å². The molecule has 0 atom stereocenters. The molecule has 0 saturated heterocycles. The van der Waals surface area contributed by atoms with E-state index >= 15 is 0 Å². The Hall–Kier alpha value is -0.610. The summed E-state index contributed by atoms with van der Waals surface area (Å²) >= 11 is 0. The van der Waals surface area contributed by atoms with Crippen LogP contribution in [0.4, 0.5) is 0 Å². The lowest BCUT2D eigenvalue weighted by Crippen LogP contribution is -2.35. The Bertz CT molecular complexity index is 201. The molecule has 0 aliphatic heterocycles. The molecule has 0 aromatic rings. The summed E-state index contributed by atoms with van der Waals surface area (Å²) < 4.78 is 5.59. The van der Waals surface area contributed by atoms with Gasteiger partial charge in [0.05, 0.1) is 6.10 Å². The zero-order chi connectivity index (χ0) is 11.8. The average Bonchev–Trinajstić information content (AvgIpc) is 2.34. The second-order valence-corrected chi connectivity index (χ2v) is 4.42. The van der Waals surface area contributed by atoms with E-state index in [2.05, 4.69) is 10.6 Å². The molecular weight excluding hydrogens is 204 g/mol. The van der Waals surface area contributed by atoms with Gasteiger partial charge in [-0.1, -0.05) is 6.92 Å². The molecule has 0 unspecified atom stereocenters. The summed E-state index contributed by atoms with van der Waals surface area (Å²) in [6.45, 7) is 3.00. The van der Waals surface area contributed by atoms with E-state index in [1.165, 1.54) is 0 Å². The summed E-state index contributed by atoms with van der Waals surface area (Å²) in [5.41, 5.74) is 0. The molecule has 4 nitrogen and oxygen atoms in total. The van der Waals surface area contributed by atoms with Gasteiger partial charge >= 0.3 is 0 Å². The molecule has 0 radical (unpaired) electrons. The standard InChI is InChI=1S/C12H24N2O2/c1-3-8-14-12(15)9-16-11-6-4-10(13-2)5-7-11/h10-11,13H,3-9H2,1-2H3,(H,14,15). The molecule has 0 spiro atoms. The Morgan fingerprint density at radius 1 is 1.31 bits per heavy atom. The van der Waals surface area contributed by atoms with E-state index in [0.29, 0.717) is 6.04 Å². The van der Waals surface area contributed by atoms with E-state index in [4.69, 9.17) is 4.74 Å². The molecule has 0 heterocycles. The molecule has 0 bridgehead atoms. The second kappa shape index (κ2) is 7.63. The van der Waals surface area contributed by atoms with Crippen LogP contribution in [0.15, 0.2) is 0 Å². The van der Waals surface area contributed by atoms with E-state index < -0.39 is 0 Å². The monoisotopic (exact) mass is 228 g/mol. The number of carbonyl (C=O) groups excluding carboxylic acids is 1. The topological polar surface area (TPSA) is 50.4 Å². The first-order valence-electron chi connectivity index (χ1n) is 6.31. The van der Waals surface area contributed by atoms with Crippen LogP contribution in [0.2, 0.25) is 0 Å². The number of hydrogen-bond donors (Lipinski definition) is 2. The fourth-order valence-corrected chi connectivity index (χ4v) is 2.03. The van der Waals surface area contributed by atoms with Gasteiger partial charge in [0.2, 0.25) is 5.91 Å². The maximum Gasteiger partial charge on any atom is 0.246 e. The van der Waals surface area contributed by atoms with E-state index in [1.54, 1.807) is 0 Å². The van der Waals surface area contributed by atoms with Gasteiger partial charge in [-0.3, -0.25) is 4.79 Å². The molecule has 2 N–H and O–H groups in total. The lowest BCUT2D eigenvalue weighted by atomic mass is 9.93. The molecule has 1 amide bonds.